The van der Waals surface area contributed by atoms with Gasteiger partial charge in [-0.05, 0) is 66.0 Å². The first-order valence-electron chi connectivity index (χ1n) is 11.0. The topological polar surface area (TPSA) is 45.4 Å². The first-order chi connectivity index (χ1) is 15.7. The lowest BCUT2D eigenvalue weighted by atomic mass is 9.72. The van der Waals surface area contributed by atoms with Gasteiger partial charge in [0.05, 0.1) is 5.56 Å². The van der Waals surface area contributed by atoms with Gasteiger partial charge in [0.1, 0.15) is 23.4 Å². The van der Waals surface area contributed by atoms with Crippen molar-refractivity contribution < 1.29 is 4.74 Å². The van der Waals surface area contributed by atoms with Crippen molar-refractivity contribution in [3.63, 3.8) is 0 Å². The zero-order valence-corrected chi connectivity index (χ0v) is 21.3. The molecule has 0 fully saturated rings. The van der Waals surface area contributed by atoms with E-state index in [0.717, 1.165) is 46.7 Å². The first kappa shape index (κ1) is 23.8. The van der Waals surface area contributed by atoms with E-state index in [9.17, 15) is 5.26 Å². The Hall–Kier alpha value is -2.32. The number of nitriles is 1. The van der Waals surface area contributed by atoms with Crippen LogP contribution in [0, 0.1) is 22.7 Å². The average Bonchev–Trinajstić information content (AvgIpc) is 3.13. The van der Waals surface area contributed by atoms with Gasteiger partial charge in [-0.3, -0.25) is 0 Å². The fourth-order valence-corrected chi connectivity index (χ4v) is 5.82. The summed E-state index contributed by atoms with van der Waals surface area (Å²) in [6, 6.07) is 15.5. The standard InChI is InChI=1S/C27H26Cl2N2OS/c1-27(2,3)19-8-10-22-23(14-30)26(33-25(22)12-19)31-15-17-5-4-6-21(11-17)32-16-18-7-9-20(28)13-24(18)29/h4-7,9,11,13,15,19H,8,10,12,16H2,1-3H3/t19-/m0/s1. The Morgan fingerprint density at radius 1 is 1.21 bits per heavy atom. The number of nitrogens with zero attached hydrogens (tertiary/aromatic N) is 2. The van der Waals surface area contributed by atoms with Gasteiger partial charge in [-0.15, -0.1) is 11.3 Å². The molecule has 1 aliphatic rings. The molecule has 1 aromatic heterocycles. The Balaban J connectivity index is 1.50. The summed E-state index contributed by atoms with van der Waals surface area (Å²) >= 11 is 13.9. The minimum atomic E-state index is 0.272. The van der Waals surface area contributed by atoms with E-state index in [2.05, 4.69) is 26.8 Å². The molecule has 0 radical (unpaired) electrons. The molecule has 0 saturated carbocycles. The van der Waals surface area contributed by atoms with Crippen LogP contribution in [0.4, 0.5) is 5.00 Å². The summed E-state index contributed by atoms with van der Waals surface area (Å²) in [6.45, 7) is 7.26. The lowest BCUT2D eigenvalue weighted by molar-refractivity contribution is 0.218. The van der Waals surface area contributed by atoms with E-state index in [4.69, 9.17) is 32.9 Å². The van der Waals surface area contributed by atoms with Crippen molar-refractivity contribution in [1.29, 1.82) is 5.26 Å². The molecular formula is C27H26Cl2N2OS. The summed E-state index contributed by atoms with van der Waals surface area (Å²) < 4.78 is 5.92. The van der Waals surface area contributed by atoms with Gasteiger partial charge in [0.15, 0.2) is 0 Å². The molecule has 0 spiro atoms. The smallest absolute Gasteiger partial charge is 0.134 e. The van der Waals surface area contributed by atoms with Crippen LogP contribution in [0.2, 0.25) is 10.0 Å². The van der Waals surface area contributed by atoms with Crippen LogP contribution in [0.1, 0.15) is 54.3 Å². The third-order valence-electron chi connectivity index (χ3n) is 6.18. The fourth-order valence-electron chi connectivity index (χ4n) is 4.13. The molecule has 0 saturated heterocycles. The predicted molar refractivity (Wildman–Crippen MR) is 138 cm³/mol. The van der Waals surface area contributed by atoms with E-state index in [1.807, 2.05) is 36.5 Å². The second kappa shape index (κ2) is 9.89. The molecule has 0 N–H and O–H groups in total. The van der Waals surface area contributed by atoms with E-state index in [0.29, 0.717) is 22.6 Å². The Morgan fingerprint density at radius 3 is 2.76 bits per heavy atom. The minimum absolute atomic E-state index is 0.272. The summed E-state index contributed by atoms with van der Waals surface area (Å²) in [6.07, 6.45) is 4.93. The van der Waals surface area contributed by atoms with Crippen molar-refractivity contribution >= 4 is 45.8 Å². The van der Waals surface area contributed by atoms with Crippen molar-refractivity contribution in [3.05, 3.63) is 79.6 Å². The number of ether oxygens (including phenoxy) is 1. The second-order valence-corrected chi connectivity index (χ2v) is 11.4. The van der Waals surface area contributed by atoms with Crippen LogP contribution in [-0.4, -0.2) is 6.21 Å². The highest BCUT2D eigenvalue weighted by atomic mass is 35.5. The molecule has 1 aliphatic carbocycles. The molecule has 0 aliphatic heterocycles. The van der Waals surface area contributed by atoms with E-state index >= 15 is 0 Å². The SMILES string of the molecule is CC(C)(C)[C@H]1CCc2c(sc(N=Cc3cccc(OCc4ccc(Cl)cc4Cl)c3)c2C#N)C1. The van der Waals surface area contributed by atoms with Crippen LogP contribution in [-0.2, 0) is 19.4 Å². The quantitative estimate of drug-likeness (QED) is 0.332. The maximum atomic E-state index is 9.79. The molecule has 170 valence electrons. The van der Waals surface area contributed by atoms with Crippen LogP contribution >= 0.6 is 34.5 Å². The van der Waals surface area contributed by atoms with Gasteiger partial charge in [-0.2, -0.15) is 5.26 Å². The van der Waals surface area contributed by atoms with Gasteiger partial charge in [-0.25, -0.2) is 4.99 Å². The van der Waals surface area contributed by atoms with Gasteiger partial charge >= 0.3 is 0 Å². The van der Waals surface area contributed by atoms with Crippen LogP contribution < -0.4 is 4.74 Å². The van der Waals surface area contributed by atoms with Gasteiger partial charge < -0.3 is 4.74 Å². The maximum Gasteiger partial charge on any atom is 0.134 e. The van der Waals surface area contributed by atoms with Crippen LogP contribution in [0.5, 0.6) is 5.75 Å². The molecule has 2 aromatic carbocycles. The summed E-state index contributed by atoms with van der Waals surface area (Å²) in [5, 5.41) is 11.8. The molecule has 3 aromatic rings. The summed E-state index contributed by atoms with van der Waals surface area (Å²) in [5.41, 5.74) is 4.00. The summed E-state index contributed by atoms with van der Waals surface area (Å²) in [7, 11) is 0. The summed E-state index contributed by atoms with van der Waals surface area (Å²) in [5.74, 6) is 1.36. The van der Waals surface area contributed by atoms with Crippen molar-refractivity contribution in [2.75, 3.05) is 0 Å². The zero-order chi connectivity index (χ0) is 23.6. The number of hydrogen-bond donors (Lipinski definition) is 0. The Morgan fingerprint density at radius 2 is 2.03 bits per heavy atom. The fraction of sp³-hybridized carbons (Fsp3) is 0.333. The Labute approximate surface area is 209 Å². The highest BCUT2D eigenvalue weighted by Crippen LogP contribution is 2.44. The largest absolute Gasteiger partial charge is 0.489 e. The number of hydrogen-bond acceptors (Lipinski definition) is 4. The highest BCUT2D eigenvalue weighted by Gasteiger charge is 2.32. The number of benzene rings is 2. The lowest BCUT2D eigenvalue weighted by Gasteiger charge is -2.33. The molecule has 33 heavy (non-hydrogen) atoms. The normalized spacial score (nSPS) is 15.9. The Kier molecular flexibility index (Phi) is 7.14. The van der Waals surface area contributed by atoms with E-state index in [-0.39, 0.29) is 5.41 Å². The van der Waals surface area contributed by atoms with Crippen LogP contribution in [0.25, 0.3) is 0 Å². The lowest BCUT2D eigenvalue weighted by Crippen LogP contribution is -2.26. The highest BCUT2D eigenvalue weighted by molar-refractivity contribution is 7.16. The molecule has 0 bridgehead atoms. The summed E-state index contributed by atoms with van der Waals surface area (Å²) in [4.78, 5) is 6.02. The molecule has 4 rings (SSSR count). The van der Waals surface area contributed by atoms with E-state index in [1.54, 1.807) is 23.5 Å². The molecule has 6 heteroatoms. The third kappa shape index (κ3) is 5.61. The second-order valence-electron chi connectivity index (χ2n) is 9.46. The molecule has 0 unspecified atom stereocenters. The molecular weight excluding hydrogens is 471 g/mol. The van der Waals surface area contributed by atoms with Crippen LogP contribution in [0.15, 0.2) is 47.5 Å². The van der Waals surface area contributed by atoms with Gasteiger partial charge in [-0.1, -0.05) is 62.2 Å². The number of halogens is 2. The maximum absolute atomic E-state index is 9.79. The van der Waals surface area contributed by atoms with Crippen molar-refractivity contribution in [2.24, 2.45) is 16.3 Å². The van der Waals surface area contributed by atoms with Crippen LogP contribution in [0.3, 0.4) is 0 Å². The monoisotopic (exact) mass is 496 g/mol. The third-order valence-corrected chi connectivity index (χ3v) is 7.93. The van der Waals surface area contributed by atoms with Gasteiger partial charge in [0, 0.05) is 26.7 Å². The van der Waals surface area contributed by atoms with E-state index in [1.165, 1.54) is 10.4 Å². The molecule has 1 atom stereocenters. The van der Waals surface area contributed by atoms with Gasteiger partial charge in [0.25, 0.3) is 0 Å². The predicted octanol–water partition coefficient (Wildman–Crippen LogP) is 8.41. The number of fused-ring (bicyclic) bond motifs is 1. The zero-order valence-electron chi connectivity index (χ0n) is 19.0. The minimum Gasteiger partial charge on any atom is -0.489 e. The molecule has 1 heterocycles. The molecule has 3 nitrogen and oxygen atoms in total. The van der Waals surface area contributed by atoms with Crippen molar-refractivity contribution in [3.8, 4) is 11.8 Å². The van der Waals surface area contributed by atoms with Crippen molar-refractivity contribution in [1.82, 2.24) is 0 Å². The van der Waals surface area contributed by atoms with Gasteiger partial charge in [0.2, 0.25) is 0 Å². The van der Waals surface area contributed by atoms with Crippen molar-refractivity contribution in [2.45, 2.75) is 46.6 Å². The first-order valence-corrected chi connectivity index (χ1v) is 12.6. The molecule has 0 amide bonds. The number of rotatable bonds is 5. The number of thiophene rings is 1. The van der Waals surface area contributed by atoms with E-state index < -0.39 is 0 Å². The average molecular weight is 497 g/mol. The number of aliphatic imine (C=N–C) groups is 1. The Bertz CT molecular complexity index is 1230.